The number of fused-ring (bicyclic) bond motifs is 1. The second kappa shape index (κ2) is 6.11. The lowest BCUT2D eigenvalue weighted by Crippen LogP contribution is -2.40. The number of piperidine rings is 1. The van der Waals surface area contributed by atoms with Crippen molar-refractivity contribution in [1.82, 2.24) is 20.0 Å². The standard InChI is InChI=1S/C18H20N4O2/c1-12-4-5-15-16(9-12)20-18(19-15)13-3-2-7-22(11-13)17(23)10-14-6-8-24-21-14/h4-6,8-9,13H,2-3,7,10-11H2,1H3,(H,19,20)/t13-/m1/s1. The Bertz CT molecular complexity index is 853. The molecule has 0 bridgehead atoms. The van der Waals surface area contributed by atoms with Crippen molar-refractivity contribution in [2.75, 3.05) is 13.1 Å². The van der Waals surface area contributed by atoms with Gasteiger partial charge in [0.15, 0.2) is 0 Å². The molecule has 1 fully saturated rings. The largest absolute Gasteiger partial charge is 0.364 e. The number of aromatic amines is 1. The van der Waals surface area contributed by atoms with Crippen LogP contribution in [0.25, 0.3) is 11.0 Å². The van der Waals surface area contributed by atoms with Gasteiger partial charge in [-0.05, 0) is 37.5 Å². The predicted octanol–water partition coefficient (Wildman–Crippen LogP) is 2.81. The first kappa shape index (κ1) is 14.9. The maximum Gasteiger partial charge on any atom is 0.228 e. The van der Waals surface area contributed by atoms with Crippen molar-refractivity contribution in [2.24, 2.45) is 0 Å². The molecule has 0 radical (unpaired) electrons. The molecule has 1 aliphatic heterocycles. The van der Waals surface area contributed by atoms with Gasteiger partial charge >= 0.3 is 0 Å². The summed E-state index contributed by atoms with van der Waals surface area (Å²) in [4.78, 5) is 22.6. The third-order valence-corrected chi connectivity index (χ3v) is 4.64. The van der Waals surface area contributed by atoms with Gasteiger partial charge in [-0.15, -0.1) is 0 Å². The zero-order valence-electron chi connectivity index (χ0n) is 13.7. The number of carbonyl (C=O) groups excluding carboxylic acids is 1. The van der Waals surface area contributed by atoms with E-state index >= 15 is 0 Å². The van der Waals surface area contributed by atoms with Crippen molar-refractivity contribution in [1.29, 1.82) is 0 Å². The number of aryl methyl sites for hydroxylation is 1. The fraction of sp³-hybridized carbons (Fsp3) is 0.389. The lowest BCUT2D eigenvalue weighted by Gasteiger charge is -2.31. The van der Waals surface area contributed by atoms with Gasteiger partial charge in [-0.2, -0.15) is 0 Å². The maximum absolute atomic E-state index is 12.5. The minimum Gasteiger partial charge on any atom is -0.364 e. The summed E-state index contributed by atoms with van der Waals surface area (Å²) in [6.07, 6.45) is 3.83. The number of hydrogen-bond donors (Lipinski definition) is 1. The maximum atomic E-state index is 12.5. The molecule has 6 nitrogen and oxygen atoms in total. The van der Waals surface area contributed by atoms with E-state index in [2.05, 4.69) is 29.2 Å². The highest BCUT2D eigenvalue weighted by atomic mass is 16.5. The van der Waals surface area contributed by atoms with Gasteiger partial charge in [-0.3, -0.25) is 4.79 Å². The number of nitrogens with one attached hydrogen (secondary N) is 1. The number of H-pyrrole nitrogens is 1. The number of hydrogen-bond acceptors (Lipinski definition) is 4. The first-order valence-corrected chi connectivity index (χ1v) is 8.32. The lowest BCUT2D eigenvalue weighted by atomic mass is 9.97. The molecule has 3 heterocycles. The zero-order valence-corrected chi connectivity index (χ0v) is 13.7. The van der Waals surface area contributed by atoms with E-state index in [1.807, 2.05) is 11.0 Å². The van der Waals surface area contributed by atoms with Crippen LogP contribution < -0.4 is 0 Å². The summed E-state index contributed by atoms with van der Waals surface area (Å²) < 4.78 is 4.80. The van der Waals surface area contributed by atoms with E-state index in [1.165, 1.54) is 11.8 Å². The minimum absolute atomic E-state index is 0.0977. The number of benzene rings is 1. The van der Waals surface area contributed by atoms with Gasteiger partial charge in [0.05, 0.1) is 23.1 Å². The molecule has 0 spiro atoms. The Kier molecular flexibility index (Phi) is 3.80. The van der Waals surface area contributed by atoms with E-state index in [-0.39, 0.29) is 11.8 Å². The van der Waals surface area contributed by atoms with E-state index in [9.17, 15) is 4.79 Å². The Balaban J connectivity index is 1.50. The highest BCUT2D eigenvalue weighted by molar-refractivity contribution is 5.78. The Labute approximate surface area is 139 Å². The number of nitrogens with zero attached hydrogens (tertiary/aromatic N) is 3. The second-order valence-corrected chi connectivity index (χ2v) is 6.49. The molecule has 0 saturated carbocycles. The third kappa shape index (κ3) is 2.91. The van der Waals surface area contributed by atoms with Gasteiger partial charge in [0.1, 0.15) is 12.1 Å². The van der Waals surface area contributed by atoms with Crippen LogP contribution in [-0.4, -0.2) is 39.0 Å². The molecule has 1 saturated heterocycles. The van der Waals surface area contributed by atoms with E-state index in [0.29, 0.717) is 18.7 Å². The number of imidazole rings is 1. The van der Waals surface area contributed by atoms with Crippen molar-refractivity contribution >= 4 is 16.9 Å². The molecule has 24 heavy (non-hydrogen) atoms. The molecule has 4 rings (SSSR count). The van der Waals surface area contributed by atoms with Crippen LogP contribution in [0.1, 0.15) is 35.8 Å². The van der Waals surface area contributed by atoms with Crippen LogP contribution in [0.5, 0.6) is 0 Å². The van der Waals surface area contributed by atoms with Crippen LogP contribution in [0.2, 0.25) is 0 Å². The molecule has 2 aromatic heterocycles. The Morgan fingerprint density at radius 3 is 3.17 bits per heavy atom. The number of rotatable bonds is 3. The number of likely N-dealkylation sites (tertiary alicyclic amines) is 1. The smallest absolute Gasteiger partial charge is 0.228 e. The molecular formula is C18H20N4O2. The zero-order chi connectivity index (χ0) is 16.5. The quantitative estimate of drug-likeness (QED) is 0.804. The van der Waals surface area contributed by atoms with E-state index in [4.69, 9.17) is 9.51 Å². The molecule has 1 N–H and O–H groups in total. The van der Waals surface area contributed by atoms with Crippen molar-refractivity contribution in [3.8, 4) is 0 Å². The van der Waals surface area contributed by atoms with Gasteiger partial charge in [0.25, 0.3) is 0 Å². The molecule has 1 aromatic carbocycles. The van der Waals surface area contributed by atoms with Crippen LogP contribution in [0.4, 0.5) is 0 Å². The normalized spacial score (nSPS) is 18.2. The minimum atomic E-state index is 0.0977. The van der Waals surface area contributed by atoms with E-state index in [1.54, 1.807) is 6.07 Å². The van der Waals surface area contributed by atoms with Crippen molar-refractivity contribution in [3.05, 3.63) is 47.6 Å². The van der Waals surface area contributed by atoms with Gasteiger partial charge in [0, 0.05) is 25.1 Å². The number of amides is 1. The molecule has 6 heteroatoms. The first-order valence-electron chi connectivity index (χ1n) is 8.32. The van der Waals surface area contributed by atoms with Crippen LogP contribution in [0.3, 0.4) is 0 Å². The Hall–Kier alpha value is -2.63. The van der Waals surface area contributed by atoms with Gasteiger partial charge < -0.3 is 14.4 Å². The van der Waals surface area contributed by atoms with Gasteiger partial charge in [-0.1, -0.05) is 11.2 Å². The molecule has 1 atom stereocenters. The highest BCUT2D eigenvalue weighted by Gasteiger charge is 2.27. The molecular weight excluding hydrogens is 304 g/mol. The predicted molar refractivity (Wildman–Crippen MR) is 89.6 cm³/mol. The van der Waals surface area contributed by atoms with E-state index < -0.39 is 0 Å². The highest BCUT2D eigenvalue weighted by Crippen LogP contribution is 2.27. The van der Waals surface area contributed by atoms with Crippen molar-refractivity contribution in [2.45, 2.75) is 32.1 Å². The van der Waals surface area contributed by atoms with Crippen molar-refractivity contribution in [3.63, 3.8) is 0 Å². The fourth-order valence-electron chi connectivity index (χ4n) is 3.36. The Morgan fingerprint density at radius 1 is 1.42 bits per heavy atom. The van der Waals surface area contributed by atoms with Gasteiger partial charge in [0.2, 0.25) is 5.91 Å². The fourth-order valence-corrected chi connectivity index (χ4v) is 3.36. The third-order valence-electron chi connectivity index (χ3n) is 4.64. The monoisotopic (exact) mass is 324 g/mol. The summed E-state index contributed by atoms with van der Waals surface area (Å²) in [6.45, 7) is 3.58. The lowest BCUT2D eigenvalue weighted by molar-refractivity contribution is -0.131. The Morgan fingerprint density at radius 2 is 2.33 bits per heavy atom. The summed E-state index contributed by atoms with van der Waals surface area (Å²) in [7, 11) is 0. The molecule has 1 amide bonds. The first-order chi connectivity index (χ1) is 11.7. The topological polar surface area (TPSA) is 75.0 Å². The summed E-state index contributed by atoms with van der Waals surface area (Å²) in [5.74, 6) is 1.34. The second-order valence-electron chi connectivity index (χ2n) is 6.49. The van der Waals surface area contributed by atoms with E-state index in [0.717, 1.165) is 36.2 Å². The summed E-state index contributed by atoms with van der Waals surface area (Å²) in [5.41, 5.74) is 3.95. The van der Waals surface area contributed by atoms with Crippen LogP contribution in [0, 0.1) is 6.92 Å². The van der Waals surface area contributed by atoms with Crippen LogP contribution in [-0.2, 0) is 11.2 Å². The average Bonchev–Trinajstić information content (AvgIpc) is 3.24. The summed E-state index contributed by atoms with van der Waals surface area (Å²) in [5, 5.41) is 3.82. The van der Waals surface area contributed by atoms with Crippen molar-refractivity contribution < 1.29 is 9.32 Å². The molecule has 1 aliphatic rings. The number of aromatic nitrogens is 3. The summed E-state index contributed by atoms with van der Waals surface area (Å²) in [6, 6.07) is 7.96. The molecule has 0 unspecified atom stereocenters. The van der Waals surface area contributed by atoms with Crippen LogP contribution >= 0.6 is 0 Å². The molecule has 124 valence electrons. The average molecular weight is 324 g/mol. The summed E-state index contributed by atoms with van der Waals surface area (Å²) >= 11 is 0. The van der Waals surface area contributed by atoms with Gasteiger partial charge in [-0.25, -0.2) is 4.98 Å². The number of carbonyl (C=O) groups is 1. The van der Waals surface area contributed by atoms with Crippen LogP contribution in [0.15, 0.2) is 35.1 Å². The molecule has 3 aromatic rings. The molecule has 0 aliphatic carbocycles. The SMILES string of the molecule is Cc1ccc2nc([C@@H]3CCCN(C(=O)Cc4ccon4)C3)[nH]c2c1.